The molecule has 0 aromatic carbocycles. The Morgan fingerprint density at radius 2 is 2.23 bits per heavy atom. The van der Waals surface area contributed by atoms with E-state index in [2.05, 4.69) is 10.3 Å². The molecule has 2 heterocycles. The molecule has 1 aromatic rings. The largest absolute Gasteiger partial charge is 0.390 e. The number of alkyl halides is 3. The molecule has 1 fully saturated rings. The van der Waals surface area contributed by atoms with E-state index in [1.165, 1.54) is 6.92 Å². The van der Waals surface area contributed by atoms with E-state index in [1.54, 1.807) is 6.07 Å². The summed E-state index contributed by atoms with van der Waals surface area (Å²) in [5.74, 6) is -0.139. The van der Waals surface area contributed by atoms with Crippen LogP contribution in [0.25, 0.3) is 0 Å². The van der Waals surface area contributed by atoms with Gasteiger partial charge in [0.15, 0.2) is 0 Å². The smallest absolute Gasteiger partial charge is 0.351 e. The Kier molecular flexibility index (Phi) is 5.39. The molecule has 4 nitrogen and oxygen atoms in total. The van der Waals surface area contributed by atoms with Crippen LogP contribution >= 0.6 is 0 Å². The number of halogens is 3. The summed E-state index contributed by atoms with van der Waals surface area (Å²) < 4.78 is 37.2. The first kappa shape index (κ1) is 16.7. The molecule has 1 aromatic heterocycles. The van der Waals surface area contributed by atoms with Crippen molar-refractivity contribution >= 4 is 5.91 Å². The molecule has 1 aliphatic heterocycles. The standard InChI is InChI=1S/C15H20F3N3O/c1-11(22)19-10-12-4-2-5-13(20-12)14-6-3-8-21(14)9-7-15(16,17)18/h2,4-5,14H,3,6-10H2,1H3,(H,19,22)/t14-/m1/s1. The molecule has 1 atom stereocenters. The number of nitrogens with one attached hydrogen (secondary N) is 1. The molecule has 0 spiro atoms. The molecule has 1 N–H and O–H groups in total. The van der Waals surface area contributed by atoms with Gasteiger partial charge < -0.3 is 5.32 Å². The van der Waals surface area contributed by atoms with E-state index in [9.17, 15) is 18.0 Å². The molecule has 122 valence electrons. The number of aromatic nitrogens is 1. The third-order valence-corrected chi connectivity index (χ3v) is 3.73. The highest BCUT2D eigenvalue weighted by molar-refractivity contribution is 5.72. The minimum Gasteiger partial charge on any atom is -0.351 e. The lowest BCUT2D eigenvalue weighted by Crippen LogP contribution is -2.28. The van der Waals surface area contributed by atoms with E-state index < -0.39 is 12.6 Å². The summed E-state index contributed by atoms with van der Waals surface area (Å²) in [4.78, 5) is 17.3. The molecular weight excluding hydrogens is 295 g/mol. The average molecular weight is 315 g/mol. The van der Waals surface area contributed by atoms with Crippen molar-refractivity contribution in [3.05, 3.63) is 29.6 Å². The summed E-state index contributed by atoms with van der Waals surface area (Å²) in [6.45, 7) is 2.43. The Hall–Kier alpha value is -1.63. The van der Waals surface area contributed by atoms with Crippen LogP contribution in [0.2, 0.25) is 0 Å². The number of carbonyl (C=O) groups excluding carboxylic acids is 1. The molecular formula is C15H20F3N3O. The number of hydrogen-bond donors (Lipinski definition) is 1. The number of rotatable bonds is 5. The lowest BCUT2D eigenvalue weighted by molar-refractivity contribution is -0.138. The highest BCUT2D eigenvalue weighted by Crippen LogP contribution is 2.32. The Balaban J connectivity index is 2.02. The monoisotopic (exact) mass is 315 g/mol. The number of amides is 1. The molecule has 1 aliphatic rings. The maximum Gasteiger partial charge on any atom is 0.390 e. The van der Waals surface area contributed by atoms with Gasteiger partial charge in [-0.15, -0.1) is 0 Å². The lowest BCUT2D eigenvalue weighted by atomic mass is 10.1. The summed E-state index contributed by atoms with van der Waals surface area (Å²) in [5.41, 5.74) is 1.50. The number of hydrogen-bond acceptors (Lipinski definition) is 3. The summed E-state index contributed by atoms with van der Waals surface area (Å²) >= 11 is 0. The molecule has 2 rings (SSSR count). The first-order chi connectivity index (χ1) is 10.3. The van der Waals surface area contributed by atoms with E-state index in [1.807, 2.05) is 17.0 Å². The van der Waals surface area contributed by atoms with Gasteiger partial charge in [0.25, 0.3) is 0 Å². The number of nitrogens with zero attached hydrogens (tertiary/aromatic N) is 2. The molecule has 0 unspecified atom stereocenters. The predicted molar refractivity (Wildman–Crippen MR) is 76.0 cm³/mol. The fraction of sp³-hybridized carbons (Fsp3) is 0.600. The van der Waals surface area contributed by atoms with Gasteiger partial charge in [-0.25, -0.2) is 0 Å². The van der Waals surface area contributed by atoms with Gasteiger partial charge >= 0.3 is 6.18 Å². The SMILES string of the molecule is CC(=O)NCc1cccc([C@H]2CCCN2CCC(F)(F)F)n1. The molecule has 22 heavy (non-hydrogen) atoms. The molecule has 1 saturated heterocycles. The predicted octanol–water partition coefficient (Wildman–Crippen LogP) is 2.81. The van der Waals surface area contributed by atoms with E-state index in [4.69, 9.17) is 0 Å². The zero-order valence-corrected chi connectivity index (χ0v) is 12.5. The van der Waals surface area contributed by atoms with Crippen LogP contribution in [0.15, 0.2) is 18.2 Å². The van der Waals surface area contributed by atoms with Crippen LogP contribution in [0.1, 0.15) is 43.6 Å². The van der Waals surface area contributed by atoms with Gasteiger partial charge in [-0.1, -0.05) is 6.07 Å². The molecule has 7 heteroatoms. The lowest BCUT2D eigenvalue weighted by Gasteiger charge is -2.24. The van der Waals surface area contributed by atoms with Crippen molar-refractivity contribution in [1.29, 1.82) is 0 Å². The van der Waals surface area contributed by atoms with Gasteiger partial charge in [0.1, 0.15) is 0 Å². The second-order valence-electron chi connectivity index (χ2n) is 5.52. The second kappa shape index (κ2) is 7.09. The molecule has 0 radical (unpaired) electrons. The van der Waals surface area contributed by atoms with Crippen molar-refractivity contribution in [2.75, 3.05) is 13.1 Å². The third kappa shape index (κ3) is 4.98. The van der Waals surface area contributed by atoms with Crippen LogP contribution in [0.3, 0.4) is 0 Å². The van der Waals surface area contributed by atoms with Crippen molar-refractivity contribution < 1.29 is 18.0 Å². The van der Waals surface area contributed by atoms with E-state index in [0.29, 0.717) is 13.1 Å². The number of carbonyl (C=O) groups is 1. The van der Waals surface area contributed by atoms with Crippen molar-refractivity contribution in [2.45, 2.75) is 44.9 Å². The summed E-state index contributed by atoms with van der Waals surface area (Å²) in [5, 5.41) is 2.67. The first-order valence-corrected chi connectivity index (χ1v) is 7.36. The van der Waals surface area contributed by atoms with Crippen molar-refractivity contribution in [1.82, 2.24) is 15.2 Å². The Bertz CT molecular complexity index is 519. The highest BCUT2D eigenvalue weighted by Gasteiger charge is 2.32. The van der Waals surface area contributed by atoms with E-state index in [-0.39, 0.29) is 18.5 Å². The number of likely N-dealkylation sites (tertiary alicyclic amines) is 1. The normalized spacial score (nSPS) is 19.4. The molecule has 0 saturated carbocycles. The topological polar surface area (TPSA) is 45.2 Å². The highest BCUT2D eigenvalue weighted by atomic mass is 19.4. The van der Waals surface area contributed by atoms with Crippen molar-refractivity contribution in [2.24, 2.45) is 0 Å². The van der Waals surface area contributed by atoms with Gasteiger partial charge in [0, 0.05) is 13.5 Å². The minimum absolute atomic E-state index is 0.00572. The van der Waals surface area contributed by atoms with Gasteiger partial charge in [0.2, 0.25) is 5.91 Å². The van der Waals surface area contributed by atoms with Gasteiger partial charge in [0.05, 0.1) is 30.4 Å². The first-order valence-electron chi connectivity index (χ1n) is 7.36. The van der Waals surface area contributed by atoms with Crippen LogP contribution < -0.4 is 5.32 Å². The van der Waals surface area contributed by atoms with E-state index >= 15 is 0 Å². The number of pyridine rings is 1. The summed E-state index contributed by atoms with van der Waals surface area (Å²) in [7, 11) is 0. The maximum absolute atomic E-state index is 12.4. The van der Waals surface area contributed by atoms with Gasteiger partial charge in [-0.2, -0.15) is 13.2 Å². The Morgan fingerprint density at radius 1 is 1.45 bits per heavy atom. The van der Waals surface area contributed by atoms with Gasteiger partial charge in [-0.05, 0) is 31.5 Å². The quantitative estimate of drug-likeness (QED) is 0.909. The van der Waals surface area contributed by atoms with Crippen molar-refractivity contribution in [3.8, 4) is 0 Å². The molecule has 1 amide bonds. The van der Waals surface area contributed by atoms with Crippen LogP contribution in [0, 0.1) is 0 Å². The zero-order chi connectivity index (χ0) is 16.2. The summed E-state index contributed by atoms with van der Waals surface area (Å²) in [6.07, 6.45) is -3.24. The second-order valence-corrected chi connectivity index (χ2v) is 5.52. The van der Waals surface area contributed by atoms with Crippen LogP contribution in [-0.2, 0) is 11.3 Å². The molecule has 0 aliphatic carbocycles. The Labute approximate surface area is 127 Å². The maximum atomic E-state index is 12.4. The third-order valence-electron chi connectivity index (χ3n) is 3.73. The van der Waals surface area contributed by atoms with Crippen LogP contribution in [0.5, 0.6) is 0 Å². The minimum atomic E-state index is -4.13. The van der Waals surface area contributed by atoms with E-state index in [0.717, 1.165) is 24.2 Å². The fourth-order valence-corrected chi connectivity index (χ4v) is 2.70. The zero-order valence-electron chi connectivity index (χ0n) is 12.5. The summed E-state index contributed by atoms with van der Waals surface area (Å²) in [6, 6.07) is 5.40. The average Bonchev–Trinajstić information content (AvgIpc) is 2.91. The van der Waals surface area contributed by atoms with Gasteiger partial charge in [-0.3, -0.25) is 14.7 Å². The Morgan fingerprint density at radius 3 is 2.91 bits per heavy atom. The fourth-order valence-electron chi connectivity index (χ4n) is 2.70. The van der Waals surface area contributed by atoms with Crippen molar-refractivity contribution in [3.63, 3.8) is 0 Å². The van der Waals surface area contributed by atoms with Crippen LogP contribution in [-0.4, -0.2) is 35.1 Å². The van der Waals surface area contributed by atoms with Crippen LogP contribution in [0.4, 0.5) is 13.2 Å². The molecule has 0 bridgehead atoms.